The molecule has 1 aromatic rings. The van der Waals surface area contributed by atoms with Crippen molar-refractivity contribution in [3.05, 3.63) is 22.4 Å². The molecule has 5 heteroatoms. The van der Waals surface area contributed by atoms with Crippen LogP contribution in [-0.4, -0.2) is 18.4 Å². The molecule has 0 saturated carbocycles. The van der Waals surface area contributed by atoms with Crippen LogP contribution in [0, 0.1) is 0 Å². The summed E-state index contributed by atoms with van der Waals surface area (Å²) in [6, 6.07) is 3.98. The monoisotopic (exact) mass is 240 g/mol. The highest BCUT2D eigenvalue weighted by Crippen LogP contribution is 2.17. The second-order valence-corrected chi connectivity index (χ2v) is 4.52. The standard InChI is InChI=1S/C11H16N2O2S/c1-8(10-4-3-7-16-10)13-11(15)5-6-12-9(2)14/h3-4,7-8H,5-6H2,1-2H3,(H,12,14)(H,13,15)/t8-/m1/s1. The predicted molar refractivity (Wildman–Crippen MR) is 64.2 cm³/mol. The van der Waals surface area contributed by atoms with E-state index in [1.807, 2.05) is 24.4 Å². The van der Waals surface area contributed by atoms with Crippen LogP contribution < -0.4 is 10.6 Å². The van der Waals surface area contributed by atoms with Gasteiger partial charge < -0.3 is 10.6 Å². The van der Waals surface area contributed by atoms with Gasteiger partial charge in [0.25, 0.3) is 0 Å². The first-order valence-electron chi connectivity index (χ1n) is 5.17. The van der Waals surface area contributed by atoms with Gasteiger partial charge in [-0.1, -0.05) is 6.07 Å². The molecule has 0 unspecified atom stereocenters. The van der Waals surface area contributed by atoms with Crippen LogP contribution in [0.5, 0.6) is 0 Å². The zero-order chi connectivity index (χ0) is 12.0. The molecule has 0 fully saturated rings. The Bertz CT molecular complexity index is 349. The van der Waals surface area contributed by atoms with Gasteiger partial charge in [0, 0.05) is 24.8 Å². The van der Waals surface area contributed by atoms with E-state index in [0.29, 0.717) is 13.0 Å². The second kappa shape index (κ2) is 6.27. The summed E-state index contributed by atoms with van der Waals surface area (Å²) in [5, 5.41) is 7.44. The van der Waals surface area contributed by atoms with E-state index in [4.69, 9.17) is 0 Å². The van der Waals surface area contributed by atoms with Gasteiger partial charge in [-0.15, -0.1) is 11.3 Å². The van der Waals surface area contributed by atoms with Crippen LogP contribution in [0.3, 0.4) is 0 Å². The first-order valence-corrected chi connectivity index (χ1v) is 6.04. The topological polar surface area (TPSA) is 58.2 Å². The van der Waals surface area contributed by atoms with Gasteiger partial charge in [-0.25, -0.2) is 0 Å². The highest BCUT2D eigenvalue weighted by molar-refractivity contribution is 7.10. The van der Waals surface area contributed by atoms with E-state index in [2.05, 4.69) is 10.6 Å². The SMILES string of the molecule is CC(=O)NCCC(=O)N[C@H](C)c1cccs1. The molecule has 1 atom stereocenters. The van der Waals surface area contributed by atoms with Crippen LogP contribution in [0.1, 0.15) is 31.2 Å². The zero-order valence-electron chi connectivity index (χ0n) is 9.45. The summed E-state index contributed by atoms with van der Waals surface area (Å²) in [5.41, 5.74) is 0. The summed E-state index contributed by atoms with van der Waals surface area (Å²) in [6.45, 7) is 3.77. The fraction of sp³-hybridized carbons (Fsp3) is 0.455. The van der Waals surface area contributed by atoms with Gasteiger partial charge in [-0.05, 0) is 18.4 Å². The van der Waals surface area contributed by atoms with E-state index in [1.54, 1.807) is 11.3 Å². The van der Waals surface area contributed by atoms with E-state index in [-0.39, 0.29) is 17.9 Å². The molecule has 16 heavy (non-hydrogen) atoms. The van der Waals surface area contributed by atoms with E-state index in [0.717, 1.165) is 4.88 Å². The zero-order valence-corrected chi connectivity index (χ0v) is 10.3. The van der Waals surface area contributed by atoms with Crippen molar-refractivity contribution in [1.29, 1.82) is 0 Å². The van der Waals surface area contributed by atoms with Crippen molar-refractivity contribution in [1.82, 2.24) is 10.6 Å². The summed E-state index contributed by atoms with van der Waals surface area (Å²) in [4.78, 5) is 23.2. The lowest BCUT2D eigenvalue weighted by molar-refractivity contribution is -0.122. The Hall–Kier alpha value is -1.36. The Morgan fingerprint density at radius 3 is 2.81 bits per heavy atom. The summed E-state index contributed by atoms with van der Waals surface area (Å²) < 4.78 is 0. The van der Waals surface area contributed by atoms with E-state index in [9.17, 15) is 9.59 Å². The fourth-order valence-electron chi connectivity index (χ4n) is 1.27. The van der Waals surface area contributed by atoms with Gasteiger partial charge in [-0.2, -0.15) is 0 Å². The van der Waals surface area contributed by atoms with Crippen molar-refractivity contribution in [3.8, 4) is 0 Å². The Balaban J connectivity index is 2.26. The van der Waals surface area contributed by atoms with Crippen molar-refractivity contribution >= 4 is 23.2 Å². The van der Waals surface area contributed by atoms with Crippen molar-refractivity contribution in [2.75, 3.05) is 6.54 Å². The Morgan fingerprint density at radius 2 is 2.25 bits per heavy atom. The fourth-order valence-corrected chi connectivity index (χ4v) is 2.01. The number of rotatable bonds is 5. The third kappa shape index (κ3) is 4.44. The quantitative estimate of drug-likeness (QED) is 0.818. The van der Waals surface area contributed by atoms with Gasteiger partial charge in [0.05, 0.1) is 6.04 Å². The minimum atomic E-state index is -0.112. The average molecular weight is 240 g/mol. The molecule has 2 N–H and O–H groups in total. The smallest absolute Gasteiger partial charge is 0.222 e. The molecule has 2 amide bonds. The normalized spacial score (nSPS) is 11.9. The van der Waals surface area contributed by atoms with Crippen molar-refractivity contribution in [2.24, 2.45) is 0 Å². The summed E-state index contributed by atoms with van der Waals surface area (Å²) in [5.74, 6) is -0.159. The van der Waals surface area contributed by atoms with Gasteiger partial charge in [0.2, 0.25) is 11.8 Å². The number of carbonyl (C=O) groups is 2. The Morgan fingerprint density at radius 1 is 1.50 bits per heavy atom. The predicted octanol–water partition coefficient (Wildman–Crippen LogP) is 1.45. The first-order chi connectivity index (χ1) is 7.59. The lowest BCUT2D eigenvalue weighted by Crippen LogP contribution is -2.30. The minimum Gasteiger partial charge on any atom is -0.356 e. The van der Waals surface area contributed by atoms with Crippen LogP contribution in [0.4, 0.5) is 0 Å². The molecule has 1 heterocycles. The van der Waals surface area contributed by atoms with Crippen LogP contribution in [0.25, 0.3) is 0 Å². The molecule has 0 radical (unpaired) electrons. The van der Waals surface area contributed by atoms with E-state index in [1.165, 1.54) is 6.92 Å². The van der Waals surface area contributed by atoms with Crippen LogP contribution in [-0.2, 0) is 9.59 Å². The van der Waals surface area contributed by atoms with Crippen molar-refractivity contribution in [3.63, 3.8) is 0 Å². The molecule has 1 rings (SSSR count). The summed E-state index contributed by atoms with van der Waals surface area (Å²) >= 11 is 1.62. The highest BCUT2D eigenvalue weighted by atomic mass is 32.1. The largest absolute Gasteiger partial charge is 0.356 e. The molecule has 88 valence electrons. The van der Waals surface area contributed by atoms with E-state index >= 15 is 0 Å². The molecular weight excluding hydrogens is 224 g/mol. The van der Waals surface area contributed by atoms with Crippen LogP contribution in [0.2, 0.25) is 0 Å². The number of hydrogen-bond donors (Lipinski definition) is 2. The highest BCUT2D eigenvalue weighted by Gasteiger charge is 2.09. The molecule has 0 saturated heterocycles. The molecule has 0 aliphatic heterocycles. The van der Waals surface area contributed by atoms with Crippen molar-refractivity contribution < 1.29 is 9.59 Å². The average Bonchev–Trinajstić information content (AvgIpc) is 2.69. The number of carbonyl (C=O) groups excluding carboxylic acids is 2. The maximum absolute atomic E-state index is 11.5. The second-order valence-electron chi connectivity index (χ2n) is 3.54. The molecule has 0 aliphatic rings. The molecule has 0 aromatic carbocycles. The molecule has 0 bridgehead atoms. The molecule has 0 aliphatic carbocycles. The lowest BCUT2D eigenvalue weighted by atomic mass is 10.2. The lowest BCUT2D eigenvalue weighted by Gasteiger charge is -2.12. The van der Waals surface area contributed by atoms with Gasteiger partial charge in [-0.3, -0.25) is 9.59 Å². The third-order valence-electron chi connectivity index (χ3n) is 2.07. The van der Waals surface area contributed by atoms with Crippen LogP contribution >= 0.6 is 11.3 Å². The molecule has 4 nitrogen and oxygen atoms in total. The summed E-state index contributed by atoms with van der Waals surface area (Å²) in [6.07, 6.45) is 0.315. The number of thiophene rings is 1. The summed E-state index contributed by atoms with van der Waals surface area (Å²) in [7, 11) is 0. The number of hydrogen-bond acceptors (Lipinski definition) is 3. The third-order valence-corrected chi connectivity index (χ3v) is 3.13. The number of nitrogens with one attached hydrogen (secondary N) is 2. The van der Waals surface area contributed by atoms with Gasteiger partial charge >= 0.3 is 0 Å². The number of amides is 2. The van der Waals surface area contributed by atoms with Crippen molar-refractivity contribution in [2.45, 2.75) is 26.3 Å². The molecular formula is C11H16N2O2S. The van der Waals surface area contributed by atoms with Gasteiger partial charge in [0.1, 0.15) is 0 Å². The maximum atomic E-state index is 11.5. The van der Waals surface area contributed by atoms with Gasteiger partial charge in [0.15, 0.2) is 0 Å². The minimum absolute atomic E-state index is 0.0322. The maximum Gasteiger partial charge on any atom is 0.222 e. The Kier molecular flexibility index (Phi) is 4.98. The van der Waals surface area contributed by atoms with E-state index < -0.39 is 0 Å². The first kappa shape index (κ1) is 12.7. The molecule has 0 spiro atoms. The van der Waals surface area contributed by atoms with Crippen LogP contribution in [0.15, 0.2) is 17.5 Å². The molecule has 1 aromatic heterocycles. The Labute approximate surface area is 99.0 Å².